The van der Waals surface area contributed by atoms with Crippen molar-refractivity contribution in [2.45, 2.75) is 19.9 Å². The molecule has 1 amide bonds. The summed E-state index contributed by atoms with van der Waals surface area (Å²) in [5, 5.41) is 2.75. The molecule has 2 aromatic rings. The number of hydrogen-bond acceptors (Lipinski definition) is 3. The Bertz CT molecular complexity index is 732. The van der Waals surface area contributed by atoms with Gasteiger partial charge in [-0.25, -0.2) is 8.78 Å². The van der Waals surface area contributed by atoms with Gasteiger partial charge in [-0.05, 0) is 25.1 Å². The molecule has 0 saturated carbocycles. The van der Waals surface area contributed by atoms with Crippen molar-refractivity contribution in [2.75, 3.05) is 6.61 Å². The minimum atomic E-state index is -2.55. The molecule has 0 spiro atoms. The van der Waals surface area contributed by atoms with Crippen LogP contribution in [-0.4, -0.2) is 23.9 Å². The Balaban J connectivity index is 2.09. The molecule has 22 heavy (non-hydrogen) atoms. The topological polar surface area (TPSA) is 51.2 Å². The minimum Gasteiger partial charge on any atom is -0.487 e. The van der Waals surface area contributed by atoms with Crippen molar-refractivity contribution >= 4 is 5.91 Å². The van der Waals surface area contributed by atoms with Gasteiger partial charge in [-0.3, -0.25) is 9.78 Å². The number of benzene rings is 1. The van der Waals surface area contributed by atoms with Crippen LogP contribution in [0, 0.1) is 6.92 Å². The Kier molecular flexibility index (Phi) is 3.75. The van der Waals surface area contributed by atoms with Crippen LogP contribution in [0.15, 0.2) is 30.3 Å². The van der Waals surface area contributed by atoms with Crippen LogP contribution in [0.5, 0.6) is 5.75 Å². The molecule has 1 aliphatic heterocycles. The zero-order chi connectivity index (χ0) is 15.7. The van der Waals surface area contributed by atoms with Crippen molar-refractivity contribution in [3.05, 3.63) is 47.2 Å². The van der Waals surface area contributed by atoms with Gasteiger partial charge in [0.1, 0.15) is 12.4 Å². The van der Waals surface area contributed by atoms with Gasteiger partial charge in [0, 0.05) is 28.9 Å². The van der Waals surface area contributed by atoms with E-state index >= 15 is 0 Å². The van der Waals surface area contributed by atoms with E-state index in [-0.39, 0.29) is 5.91 Å². The summed E-state index contributed by atoms with van der Waals surface area (Å²) in [6, 6.07) is 8.60. The maximum atomic E-state index is 12.4. The minimum absolute atomic E-state index is 0.146. The first kappa shape index (κ1) is 14.4. The molecule has 0 radical (unpaired) electrons. The molecule has 1 aromatic carbocycles. The van der Waals surface area contributed by atoms with Crippen molar-refractivity contribution in [2.24, 2.45) is 0 Å². The molecule has 0 fully saturated rings. The van der Waals surface area contributed by atoms with Crippen molar-refractivity contribution in [3.63, 3.8) is 0 Å². The fourth-order valence-corrected chi connectivity index (χ4v) is 2.51. The largest absolute Gasteiger partial charge is 0.487 e. The molecule has 0 saturated heterocycles. The van der Waals surface area contributed by atoms with Gasteiger partial charge in [-0.2, -0.15) is 0 Å². The van der Waals surface area contributed by atoms with Gasteiger partial charge in [0.2, 0.25) is 0 Å². The third-order valence-electron chi connectivity index (χ3n) is 3.43. The summed E-state index contributed by atoms with van der Waals surface area (Å²) in [4.78, 5) is 16.3. The third kappa shape index (κ3) is 2.64. The number of carbonyl (C=O) groups is 1. The van der Waals surface area contributed by atoms with E-state index in [1.807, 2.05) is 0 Å². The Hall–Kier alpha value is -2.50. The number of halogens is 2. The molecule has 3 rings (SSSR count). The lowest BCUT2D eigenvalue weighted by Gasteiger charge is -2.13. The quantitative estimate of drug-likeness (QED) is 0.945. The Labute approximate surface area is 126 Å². The fourth-order valence-electron chi connectivity index (χ4n) is 2.51. The number of carbonyl (C=O) groups excluding carboxylic acids is 1. The van der Waals surface area contributed by atoms with Crippen molar-refractivity contribution in [1.29, 1.82) is 0 Å². The average molecular weight is 304 g/mol. The second-order valence-corrected chi connectivity index (χ2v) is 5.02. The summed E-state index contributed by atoms with van der Waals surface area (Å²) in [7, 11) is 0. The predicted octanol–water partition coefficient (Wildman–Crippen LogP) is 2.94. The van der Waals surface area contributed by atoms with Crippen LogP contribution in [0.4, 0.5) is 8.78 Å². The van der Waals surface area contributed by atoms with E-state index in [9.17, 15) is 13.6 Å². The van der Waals surface area contributed by atoms with E-state index in [1.54, 1.807) is 37.3 Å². The molecule has 114 valence electrons. The first-order valence-corrected chi connectivity index (χ1v) is 6.85. The summed E-state index contributed by atoms with van der Waals surface area (Å²) in [6.45, 7) is 1.49. The molecule has 4 nitrogen and oxygen atoms in total. The lowest BCUT2D eigenvalue weighted by molar-refractivity contribution is 0.0821. The summed E-state index contributed by atoms with van der Waals surface area (Å²) in [5.41, 5.74) is 3.24. The summed E-state index contributed by atoms with van der Waals surface area (Å²) < 4.78 is 30.0. The molecular formula is C16H14F2N2O2. The van der Waals surface area contributed by atoms with E-state index in [4.69, 9.17) is 4.74 Å². The highest BCUT2D eigenvalue weighted by atomic mass is 19.3. The van der Waals surface area contributed by atoms with Crippen molar-refractivity contribution < 1.29 is 18.3 Å². The number of fused-ring (bicyclic) bond motifs is 1. The number of nitrogens with zero attached hydrogens (tertiary/aromatic N) is 1. The highest BCUT2D eigenvalue weighted by Gasteiger charge is 2.25. The van der Waals surface area contributed by atoms with Crippen LogP contribution in [0.3, 0.4) is 0 Å². The monoisotopic (exact) mass is 304 g/mol. The Morgan fingerprint density at radius 1 is 1.32 bits per heavy atom. The number of amides is 1. The molecule has 2 heterocycles. The third-order valence-corrected chi connectivity index (χ3v) is 3.43. The van der Waals surface area contributed by atoms with Gasteiger partial charge in [0.05, 0.1) is 5.69 Å². The normalized spacial score (nSPS) is 13.2. The number of rotatable bonds is 4. The molecule has 0 bridgehead atoms. The fraction of sp³-hybridized carbons (Fsp3) is 0.250. The van der Waals surface area contributed by atoms with Gasteiger partial charge in [-0.1, -0.05) is 12.1 Å². The number of alkyl halides is 2. The highest BCUT2D eigenvalue weighted by Crippen LogP contribution is 2.34. The second kappa shape index (κ2) is 5.71. The van der Waals surface area contributed by atoms with Gasteiger partial charge in [0.25, 0.3) is 12.3 Å². The number of pyridine rings is 1. The summed E-state index contributed by atoms with van der Waals surface area (Å²) >= 11 is 0. The van der Waals surface area contributed by atoms with Crippen molar-refractivity contribution in [1.82, 2.24) is 10.3 Å². The van der Waals surface area contributed by atoms with E-state index in [0.717, 1.165) is 5.56 Å². The number of aryl methyl sites for hydroxylation is 1. The zero-order valence-corrected chi connectivity index (χ0v) is 11.9. The van der Waals surface area contributed by atoms with E-state index < -0.39 is 13.0 Å². The molecular weight excluding hydrogens is 290 g/mol. The molecule has 0 aliphatic carbocycles. The zero-order valence-electron chi connectivity index (χ0n) is 11.9. The summed E-state index contributed by atoms with van der Waals surface area (Å²) in [6.07, 6.45) is -2.55. The number of hydrogen-bond donors (Lipinski definition) is 1. The van der Waals surface area contributed by atoms with Crippen LogP contribution in [0.25, 0.3) is 11.3 Å². The maximum absolute atomic E-state index is 12.4. The number of para-hydroxylation sites is 1. The average Bonchev–Trinajstić information content (AvgIpc) is 2.86. The maximum Gasteiger partial charge on any atom is 0.272 e. The van der Waals surface area contributed by atoms with Gasteiger partial charge in [-0.15, -0.1) is 0 Å². The second-order valence-electron chi connectivity index (χ2n) is 5.02. The molecule has 1 N–H and O–H groups in total. The number of aromatic nitrogens is 1. The van der Waals surface area contributed by atoms with Gasteiger partial charge >= 0.3 is 0 Å². The first-order valence-electron chi connectivity index (χ1n) is 6.85. The molecule has 1 aliphatic rings. The number of ether oxygens (including phenoxy) is 1. The van der Waals surface area contributed by atoms with E-state index in [2.05, 4.69) is 10.3 Å². The van der Waals surface area contributed by atoms with Gasteiger partial charge in [0.15, 0.2) is 0 Å². The summed E-state index contributed by atoms with van der Waals surface area (Å²) in [5.74, 6) is 0.190. The molecule has 0 atom stereocenters. The smallest absolute Gasteiger partial charge is 0.272 e. The number of nitrogens with one attached hydrogen (secondary N) is 1. The molecule has 0 unspecified atom stereocenters. The van der Waals surface area contributed by atoms with Crippen molar-refractivity contribution in [3.8, 4) is 17.0 Å². The predicted molar refractivity (Wildman–Crippen MR) is 77.1 cm³/mol. The molecule has 1 aromatic heterocycles. The Morgan fingerprint density at radius 2 is 2.09 bits per heavy atom. The lowest BCUT2D eigenvalue weighted by Crippen LogP contribution is -2.12. The Morgan fingerprint density at radius 3 is 2.86 bits per heavy atom. The van der Waals surface area contributed by atoms with Crippen LogP contribution < -0.4 is 10.1 Å². The standard InChI is InChI=1S/C16H14F2N2O2/c1-9-6-11-12(7-19-16(11)21)15(20-9)10-4-2-3-5-13(10)22-8-14(17)18/h2-6,14H,7-8H2,1H3,(H,19,21). The first-order chi connectivity index (χ1) is 10.6. The van der Waals surface area contributed by atoms with Crippen LogP contribution >= 0.6 is 0 Å². The van der Waals surface area contributed by atoms with Gasteiger partial charge < -0.3 is 10.1 Å². The van der Waals surface area contributed by atoms with Crippen LogP contribution in [0.2, 0.25) is 0 Å². The van der Waals surface area contributed by atoms with E-state index in [0.29, 0.717) is 34.8 Å². The lowest BCUT2D eigenvalue weighted by atomic mass is 10.0. The highest BCUT2D eigenvalue weighted by molar-refractivity contribution is 6.00. The van der Waals surface area contributed by atoms with Crippen LogP contribution in [-0.2, 0) is 6.54 Å². The molecule has 6 heteroatoms. The van der Waals surface area contributed by atoms with E-state index in [1.165, 1.54) is 0 Å². The van der Waals surface area contributed by atoms with Crippen LogP contribution in [0.1, 0.15) is 21.6 Å². The SMILES string of the molecule is Cc1cc2c(c(-c3ccccc3OCC(F)F)n1)CNC2=O.